The van der Waals surface area contributed by atoms with Crippen molar-refractivity contribution >= 4 is 34.3 Å². The van der Waals surface area contributed by atoms with Gasteiger partial charge in [-0.25, -0.2) is 0 Å². The van der Waals surface area contributed by atoms with Crippen LogP contribution in [0.3, 0.4) is 0 Å². The largest absolute Gasteiger partial charge is 0.495 e. The molecule has 4 rings (SSSR count). The molecule has 1 aliphatic rings. The molecule has 0 amide bonds. The van der Waals surface area contributed by atoms with E-state index in [-0.39, 0.29) is 18.3 Å². The molecule has 3 aromatic rings. The second-order valence-corrected chi connectivity index (χ2v) is 6.97. The summed E-state index contributed by atoms with van der Waals surface area (Å²) in [5.74, 6) is 0. The number of hydrogen-bond acceptors (Lipinski definition) is 3. The van der Waals surface area contributed by atoms with Gasteiger partial charge in [0.25, 0.3) is 0 Å². The predicted molar refractivity (Wildman–Crippen MR) is 89.4 cm³/mol. The van der Waals surface area contributed by atoms with Gasteiger partial charge in [-0.1, -0.05) is 18.2 Å². The highest BCUT2D eigenvalue weighted by molar-refractivity contribution is 6.65. The molecule has 0 bridgehead atoms. The van der Waals surface area contributed by atoms with Crippen molar-refractivity contribution in [1.82, 2.24) is 0 Å². The Morgan fingerprint density at radius 2 is 1.59 bits per heavy atom. The zero-order valence-electron chi connectivity index (χ0n) is 13.3. The Morgan fingerprint density at radius 1 is 0.864 bits per heavy atom. The first-order valence-electron chi connectivity index (χ1n) is 7.63. The lowest BCUT2D eigenvalue weighted by molar-refractivity contribution is 0.00578. The molecule has 2 aromatic carbocycles. The molecule has 0 spiro atoms. The van der Waals surface area contributed by atoms with Crippen molar-refractivity contribution in [2.24, 2.45) is 0 Å². The summed E-state index contributed by atoms with van der Waals surface area (Å²) in [6.45, 7) is 8.29. The minimum Gasteiger partial charge on any atom is -0.464 e. The van der Waals surface area contributed by atoms with Crippen LogP contribution >= 0.6 is 0 Å². The predicted octanol–water partition coefficient (Wildman–Crippen LogP) is 3.89. The number of rotatable bonds is 1. The standard InChI is InChI=1S/C18H19BO3/c1-17(2)18(3,4)22-19(21-17)15-7-5-6-12-10-13-8-9-20-16(13)11-14(12)15/h5-11H,1-4H3. The molecule has 4 heteroatoms. The molecule has 0 aliphatic carbocycles. The van der Waals surface area contributed by atoms with Crippen molar-refractivity contribution in [3.05, 3.63) is 42.7 Å². The van der Waals surface area contributed by atoms with Gasteiger partial charge in [0.1, 0.15) is 5.58 Å². The van der Waals surface area contributed by atoms with Crippen molar-refractivity contribution in [3.63, 3.8) is 0 Å². The van der Waals surface area contributed by atoms with E-state index in [0.29, 0.717) is 0 Å². The van der Waals surface area contributed by atoms with Crippen LogP contribution in [0.25, 0.3) is 21.7 Å². The Balaban J connectivity index is 1.88. The van der Waals surface area contributed by atoms with Crippen LogP contribution < -0.4 is 5.46 Å². The molecule has 2 heterocycles. The van der Waals surface area contributed by atoms with Gasteiger partial charge in [-0.15, -0.1) is 0 Å². The highest BCUT2D eigenvalue weighted by Gasteiger charge is 2.52. The Kier molecular flexibility index (Phi) is 2.75. The summed E-state index contributed by atoms with van der Waals surface area (Å²) in [4.78, 5) is 0. The highest BCUT2D eigenvalue weighted by Crippen LogP contribution is 2.37. The fourth-order valence-corrected chi connectivity index (χ4v) is 2.94. The SMILES string of the molecule is CC1(C)OB(c2cccc3cc4ccoc4cc23)OC1(C)C. The second kappa shape index (κ2) is 4.37. The molecule has 0 saturated carbocycles. The van der Waals surface area contributed by atoms with E-state index in [2.05, 4.69) is 58.0 Å². The number of hydrogen-bond donors (Lipinski definition) is 0. The lowest BCUT2D eigenvalue weighted by Crippen LogP contribution is -2.41. The molecular weight excluding hydrogens is 275 g/mol. The van der Waals surface area contributed by atoms with E-state index in [9.17, 15) is 0 Å². The van der Waals surface area contributed by atoms with Crippen LogP contribution in [0.1, 0.15) is 27.7 Å². The third-order valence-corrected chi connectivity index (χ3v) is 4.99. The topological polar surface area (TPSA) is 31.6 Å². The molecule has 0 N–H and O–H groups in total. The Morgan fingerprint density at radius 3 is 2.32 bits per heavy atom. The van der Waals surface area contributed by atoms with Gasteiger partial charge in [0.2, 0.25) is 0 Å². The van der Waals surface area contributed by atoms with E-state index >= 15 is 0 Å². The Labute approximate surface area is 130 Å². The maximum Gasteiger partial charge on any atom is 0.495 e. The summed E-state index contributed by atoms with van der Waals surface area (Å²) in [6, 6.07) is 12.4. The average molecular weight is 294 g/mol. The summed E-state index contributed by atoms with van der Waals surface area (Å²) >= 11 is 0. The van der Waals surface area contributed by atoms with Crippen LogP contribution in [-0.4, -0.2) is 18.3 Å². The fraction of sp³-hybridized carbons (Fsp3) is 0.333. The molecule has 1 aliphatic heterocycles. The average Bonchev–Trinajstić information content (AvgIpc) is 2.97. The van der Waals surface area contributed by atoms with Crippen molar-refractivity contribution < 1.29 is 13.7 Å². The van der Waals surface area contributed by atoms with Crippen molar-refractivity contribution in [2.75, 3.05) is 0 Å². The number of benzene rings is 2. The molecule has 3 nitrogen and oxygen atoms in total. The Hall–Kier alpha value is -1.78. The number of fused-ring (bicyclic) bond motifs is 2. The van der Waals surface area contributed by atoms with Gasteiger partial charge in [0.05, 0.1) is 17.5 Å². The monoisotopic (exact) mass is 294 g/mol. The van der Waals surface area contributed by atoms with Gasteiger partial charge < -0.3 is 13.7 Å². The van der Waals surface area contributed by atoms with Crippen LogP contribution in [-0.2, 0) is 9.31 Å². The first kappa shape index (κ1) is 13.9. The summed E-state index contributed by atoms with van der Waals surface area (Å²) in [5, 5.41) is 3.39. The van der Waals surface area contributed by atoms with Crippen LogP contribution in [0.4, 0.5) is 0 Å². The number of furan rings is 1. The molecule has 0 unspecified atom stereocenters. The van der Waals surface area contributed by atoms with Gasteiger partial charge >= 0.3 is 7.12 Å². The summed E-state index contributed by atoms with van der Waals surface area (Å²) in [7, 11) is -0.360. The van der Waals surface area contributed by atoms with E-state index in [1.54, 1.807) is 6.26 Å². The third-order valence-electron chi connectivity index (χ3n) is 4.99. The molecule has 0 atom stereocenters. The zero-order chi connectivity index (χ0) is 15.5. The smallest absolute Gasteiger partial charge is 0.464 e. The van der Waals surface area contributed by atoms with Gasteiger partial charge in [-0.3, -0.25) is 0 Å². The normalized spacial score (nSPS) is 20.1. The summed E-state index contributed by atoms with van der Waals surface area (Å²) < 4.78 is 17.9. The lowest BCUT2D eigenvalue weighted by Gasteiger charge is -2.32. The first-order chi connectivity index (χ1) is 10.4. The van der Waals surface area contributed by atoms with E-state index < -0.39 is 0 Å². The second-order valence-electron chi connectivity index (χ2n) is 6.97. The summed E-state index contributed by atoms with van der Waals surface area (Å²) in [5.41, 5.74) is 1.26. The van der Waals surface area contributed by atoms with Crippen LogP contribution in [0.2, 0.25) is 0 Å². The quantitative estimate of drug-likeness (QED) is 0.638. The van der Waals surface area contributed by atoms with Crippen molar-refractivity contribution in [2.45, 2.75) is 38.9 Å². The first-order valence-corrected chi connectivity index (χ1v) is 7.63. The van der Waals surface area contributed by atoms with Crippen LogP contribution in [0.5, 0.6) is 0 Å². The molecule has 1 aromatic heterocycles. The highest BCUT2D eigenvalue weighted by atomic mass is 16.7. The zero-order valence-corrected chi connectivity index (χ0v) is 13.3. The molecular formula is C18H19BO3. The summed E-state index contributed by atoms with van der Waals surface area (Å²) in [6.07, 6.45) is 1.72. The van der Waals surface area contributed by atoms with Gasteiger partial charge in [-0.05, 0) is 62.1 Å². The molecule has 1 fully saturated rings. The van der Waals surface area contributed by atoms with Gasteiger partial charge in [0, 0.05) is 5.39 Å². The lowest BCUT2D eigenvalue weighted by atomic mass is 9.76. The van der Waals surface area contributed by atoms with Crippen LogP contribution in [0.15, 0.2) is 47.1 Å². The van der Waals surface area contributed by atoms with E-state index in [4.69, 9.17) is 13.7 Å². The van der Waals surface area contributed by atoms with E-state index in [0.717, 1.165) is 21.8 Å². The van der Waals surface area contributed by atoms with Crippen LogP contribution in [0, 0.1) is 0 Å². The maximum absolute atomic E-state index is 6.20. The molecule has 112 valence electrons. The van der Waals surface area contributed by atoms with Crippen molar-refractivity contribution in [1.29, 1.82) is 0 Å². The maximum atomic E-state index is 6.20. The van der Waals surface area contributed by atoms with E-state index in [1.807, 2.05) is 6.07 Å². The third kappa shape index (κ3) is 1.91. The van der Waals surface area contributed by atoms with Gasteiger partial charge in [0.15, 0.2) is 0 Å². The Bertz CT molecular complexity index is 847. The van der Waals surface area contributed by atoms with E-state index in [1.165, 1.54) is 5.39 Å². The molecule has 1 saturated heterocycles. The fourth-order valence-electron chi connectivity index (χ4n) is 2.94. The van der Waals surface area contributed by atoms with Gasteiger partial charge in [-0.2, -0.15) is 0 Å². The van der Waals surface area contributed by atoms with Crippen molar-refractivity contribution in [3.8, 4) is 0 Å². The minimum absolute atomic E-state index is 0.339. The molecule has 0 radical (unpaired) electrons. The molecule has 22 heavy (non-hydrogen) atoms. The minimum atomic E-state index is -0.360.